The van der Waals surface area contributed by atoms with Crippen LogP contribution in [-0.2, 0) is 20.4 Å². The number of hydrogen-bond donors (Lipinski definition) is 1. The number of Topliss-reactive ketones (excluding diaryl/α,β-unsaturated/α-hetero) is 1. The molecule has 0 spiro atoms. The molecule has 0 aromatic carbocycles. The van der Waals surface area contributed by atoms with Crippen LogP contribution in [-0.4, -0.2) is 33.9 Å². The second kappa shape index (κ2) is 7.54. The van der Waals surface area contributed by atoms with Crippen molar-refractivity contribution in [3.8, 4) is 0 Å². The number of nitrogens with one attached hydrogen (secondary N) is 1. The fourth-order valence-electron chi connectivity index (χ4n) is 0.890. The Morgan fingerprint density at radius 1 is 1.12 bits per heavy atom. The monoisotopic (exact) mass is 247 g/mol. The molecule has 5 heteroatoms. The van der Waals surface area contributed by atoms with E-state index in [0.717, 1.165) is 0 Å². The molecule has 0 aromatic rings. The summed E-state index contributed by atoms with van der Waals surface area (Å²) < 4.78 is 11.4. The Labute approximate surface area is 99.6 Å². The SMILES string of the molecule is CC(C)C(=O)CS(=O)CCNC(=O)C(C)C. The van der Waals surface area contributed by atoms with Crippen molar-refractivity contribution in [1.82, 2.24) is 5.32 Å². The van der Waals surface area contributed by atoms with Gasteiger partial charge in [0.05, 0.1) is 5.75 Å². The van der Waals surface area contributed by atoms with E-state index in [4.69, 9.17) is 0 Å². The molecule has 0 fully saturated rings. The van der Waals surface area contributed by atoms with Crippen molar-refractivity contribution < 1.29 is 13.8 Å². The highest BCUT2D eigenvalue weighted by Crippen LogP contribution is 1.96. The fraction of sp³-hybridized carbons (Fsp3) is 0.818. The fourth-order valence-corrected chi connectivity index (χ4v) is 2.01. The van der Waals surface area contributed by atoms with Crippen LogP contribution in [0.5, 0.6) is 0 Å². The minimum absolute atomic E-state index is 0.00789. The predicted octanol–water partition coefficient (Wildman–Crippen LogP) is 0.732. The molecule has 0 aliphatic heterocycles. The van der Waals surface area contributed by atoms with E-state index >= 15 is 0 Å². The summed E-state index contributed by atoms with van der Waals surface area (Å²) in [6.07, 6.45) is 0. The van der Waals surface area contributed by atoms with E-state index in [1.165, 1.54) is 0 Å². The van der Waals surface area contributed by atoms with E-state index in [0.29, 0.717) is 12.3 Å². The van der Waals surface area contributed by atoms with Gasteiger partial charge in [-0.15, -0.1) is 0 Å². The molecule has 0 aliphatic carbocycles. The van der Waals surface area contributed by atoms with Crippen molar-refractivity contribution in [1.29, 1.82) is 0 Å². The van der Waals surface area contributed by atoms with Crippen molar-refractivity contribution in [3.05, 3.63) is 0 Å². The molecule has 0 aliphatic rings. The maximum absolute atomic E-state index is 11.4. The van der Waals surface area contributed by atoms with Crippen LogP contribution in [0, 0.1) is 11.8 Å². The zero-order chi connectivity index (χ0) is 12.7. The van der Waals surface area contributed by atoms with Crippen LogP contribution >= 0.6 is 0 Å². The minimum atomic E-state index is -1.16. The van der Waals surface area contributed by atoms with Gasteiger partial charge in [-0.05, 0) is 0 Å². The summed E-state index contributed by atoms with van der Waals surface area (Å²) in [4.78, 5) is 22.5. The van der Waals surface area contributed by atoms with E-state index in [1.54, 1.807) is 27.7 Å². The van der Waals surface area contributed by atoms with E-state index in [9.17, 15) is 13.8 Å². The normalized spacial score (nSPS) is 12.9. The third-order valence-electron chi connectivity index (χ3n) is 2.10. The third-order valence-corrected chi connectivity index (χ3v) is 3.37. The largest absolute Gasteiger partial charge is 0.355 e. The van der Waals surface area contributed by atoms with E-state index in [2.05, 4.69) is 5.32 Å². The molecule has 0 rings (SSSR count). The third kappa shape index (κ3) is 6.71. The molecule has 1 N–H and O–H groups in total. The van der Waals surface area contributed by atoms with Crippen molar-refractivity contribution in [2.24, 2.45) is 11.8 Å². The van der Waals surface area contributed by atoms with Gasteiger partial charge in [0.1, 0.15) is 5.78 Å². The van der Waals surface area contributed by atoms with E-state index in [-0.39, 0.29) is 29.3 Å². The smallest absolute Gasteiger partial charge is 0.222 e. The van der Waals surface area contributed by atoms with E-state index < -0.39 is 10.8 Å². The van der Waals surface area contributed by atoms with Crippen LogP contribution in [0.3, 0.4) is 0 Å². The lowest BCUT2D eigenvalue weighted by Crippen LogP contribution is -2.32. The number of hydrogen-bond acceptors (Lipinski definition) is 3. The molecule has 0 aromatic heterocycles. The minimum Gasteiger partial charge on any atom is -0.355 e. The first-order valence-electron chi connectivity index (χ1n) is 5.50. The molecule has 16 heavy (non-hydrogen) atoms. The lowest BCUT2D eigenvalue weighted by atomic mass is 10.1. The molecule has 0 saturated heterocycles. The maximum atomic E-state index is 11.4. The van der Waals surface area contributed by atoms with Crippen LogP contribution in [0.1, 0.15) is 27.7 Å². The quantitative estimate of drug-likeness (QED) is 0.721. The van der Waals surface area contributed by atoms with Gasteiger partial charge in [0.15, 0.2) is 0 Å². The van der Waals surface area contributed by atoms with Crippen LogP contribution in [0.2, 0.25) is 0 Å². The number of carbonyl (C=O) groups excluding carboxylic acids is 2. The molecule has 4 nitrogen and oxygen atoms in total. The number of carbonyl (C=O) groups is 2. The van der Waals surface area contributed by atoms with Gasteiger partial charge in [-0.1, -0.05) is 27.7 Å². The van der Waals surface area contributed by atoms with Crippen molar-refractivity contribution in [2.45, 2.75) is 27.7 Å². The Kier molecular flexibility index (Phi) is 7.21. The van der Waals surface area contributed by atoms with Gasteiger partial charge in [-0.3, -0.25) is 13.8 Å². The number of rotatable bonds is 7. The van der Waals surface area contributed by atoms with Crippen LogP contribution < -0.4 is 5.32 Å². The first-order valence-corrected chi connectivity index (χ1v) is 6.98. The summed E-state index contributed by atoms with van der Waals surface area (Å²) in [5.41, 5.74) is 0. The highest BCUT2D eigenvalue weighted by molar-refractivity contribution is 7.85. The van der Waals surface area contributed by atoms with Gasteiger partial charge in [-0.25, -0.2) is 0 Å². The zero-order valence-corrected chi connectivity index (χ0v) is 11.2. The molecule has 0 radical (unpaired) electrons. The molecule has 0 saturated carbocycles. The summed E-state index contributed by atoms with van der Waals surface area (Å²) >= 11 is 0. The summed E-state index contributed by atoms with van der Waals surface area (Å²) in [6.45, 7) is 7.55. The average Bonchev–Trinajstić information content (AvgIpc) is 2.16. The summed E-state index contributed by atoms with van der Waals surface area (Å²) in [7, 11) is -1.16. The second-order valence-corrected chi connectivity index (χ2v) is 5.93. The van der Waals surface area contributed by atoms with Crippen LogP contribution in [0.25, 0.3) is 0 Å². The number of amides is 1. The molecule has 0 heterocycles. The zero-order valence-electron chi connectivity index (χ0n) is 10.4. The van der Waals surface area contributed by atoms with Crippen LogP contribution in [0.15, 0.2) is 0 Å². The highest BCUT2D eigenvalue weighted by atomic mass is 32.2. The Balaban J connectivity index is 3.75. The van der Waals surface area contributed by atoms with Gasteiger partial charge in [0.25, 0.3) is 0 Å². The summed E-state index contributed by atoms with van der Waals surface area (Å²) in [5.74, 6) is 0.257. The molecular weight excluding hydrogens is 226 g/mol. The Morgan fingerprint density at radius 3 is 2.12 bits per heavy atom. The van der Waals surface area contributed by atoms with Gasteiger partial charge >= 0.3 is 0 Å². The van der Waals surface area contributed by atoms with Gasteiger partial charge in [0.2, 0.25) is 5.91 Å². The Bertz CT molecular complexity index is 274. The van der Waals surface area contributed by atoms with Gasteiger partial charge < -0.3 is 5.32 Å². The lowest BCUT2D eigenvalue weighted by Gasteiger charge is -2.07. The molecular formula is C11H21NO3S. The lowest BCUT2D eigenvalue weighted by molar-refractivity contribution is -0.123. The second-order valence-electron chi connectivity index (χ2n) is 4.36. The van der Waals surface area contributed by atoms with Crippen molar-refractivity contribution in [2.75, 3.05) is 18.1 Å². The summed E-state index contributed by atoms with van der Waals surface area (Å²) in [6, 6.07) is 0. The molecule has 0 bridgehead atoms. The average molecular weight is 247 g/mol. The topological polar surface area (TPSA) is 63.2 Å². The molecule has 1 amide bonds. The molecule has 1 atom stereocenters. The Hall–Kier alpha value is -0.710. The molecule has 1 unspecified atom stereocenters. The van der Waals surface area contributed by atoms with Crippen LogP contribution in [0.4, 0.5) is 0 Å². The molecule has 94 valence electrons. The van der Waals surface area contributed by atoms with Gasteiger partial charge in [-0.2, -0.15) is 0 Å². The predicted molar refractivity (Wildman–Crippen MR) is 65.6 cm³/mol. The first kappa shape index (κ1) is 15.3. The van der Waals surface area contributed by atoms with Crippen molar-refractivity contribution >= 4 is 22.5 Å². The highest BCUT2D eigenvalue weighted by Gasteiger charge is 2.12. The summed E-state index contributed by atoms with van der Waals surface area (Å²) in [5, 5.41) is 2.67. The Morgan fingerprint density at radius 2 is 1.69 bits per heavy atom. The van der Waals surface area contributed by atoms with E-state index in [1.807, 2.05) is 0 Å². The standard InChI is InChI=1S/C11H21NO3S/c1-8(2)10(13)7-16(15)6-5-12-11(14)9(3)4/h8-9H,5-7H2,1-4H3,(H,12,14). The first-order chi connectivity index (χ1) is 7.34. The number of ketones is 1. The van der Waals surface area contributed by atoms with Crippen molar-refractivity contribution in [3.63, 3.8) is 0 Å². The van der Waals surface area contributed by atoms with Gasteiger partial charge in [0, 0.05) is 34.9 Å². The maximum Gasteiger partial charge on any atom is 0.222 e.